The molecule has 3 rings (SSSR count). The van der Waals surface area contributed by atoms with E-state index >= 15 is 0 Å². The summed E-state index contributed by atoms with van der Waals surface area (Å²) in [5.41, 5.74) is 3.09. The van der Waals surface area contributed by atoms with Crippen LogP contribution in [0.5, 0.6) is 11.5 Å². The fourth-order valence-corrected chi connectivity index (χ4v) is 3.68. The molecule has 1 amide bonds. The number of aromatic nitrogens is 1. The van der Waals surface area contributed by atoms with Gasteiger partial charge in [0.05, 0.1) is 18.9 Å². The molecule has 3 aromatic rings. The molecule has 2 aromatic carbocycles. The quantitative estimate of drug-likeness (QED) is 0.465. The fraction of sp³-hybridized carbons (Fsp3) is 0.304. The second-order valence-corrected chi connectivity index (χ2v) is 7.90. The van der Waals surface area contributed by atoms with Crippen LogP contribution in [0.15, 0.2) is 48.5 Å². The van der Waals surface area contributed by atoms with E-state index < -0.39 is 0 Å². The predicted molar refractivity (Wildman–Crippen MR) is 118 cm³/mol. The Balaban J connectivity index is 1.49. The smallest absolute Gasteiger partial charge is 0.226 e. The first-order chi connectivity index (χ1) is 14.0. The van der Waals surface area contributed by atoms with E-state index in [4.69, 9.17) is 9.47 Å². The second kappa shape index (κ2) is 10.1. The molecule has 0 aliphatic rings. The number of amides is 1. The first kappa shape index (κ1) is 20.9. The number of carbonyl (C=O) groups excluding carboxylic acids is 1. The third-order valence-corrected chi connectivity index (χ3v) is 5.21. The number of hydrogen-bond acceptors (Lipinski definition) is 5. The van der Waals surface area contributed by atoms with Crippen molar-refractivity contribution < 1.29 is 14.3 Å². The molecule has 29 heavy (non-hydrogen) atoms. The van der Waals surface area contributed by atoms with E-state index in [-0.39, 0.29) is 5.91 Å². The van der Waals surface area contributed by atoms with E-state index in [2.05, 4.69) is 10.3 Å². The van der Waals surface area contributed by atoms with Gasteiger partial charge in [0.25, 0.3) is 0 Å². The Kier molecular flexibility index (Phi) is 7.25. The molecule has 1 heterocycles. The Morgan fingerprint density at radius 3 is 2.34 bits per heavy atom. The molecule has 152 valence electrons. The maximum atomic E-state index is 12.2. The van der Waals surface area contributed by atoms with Crippen LogP contribution in [0, 0.1) is 13.8 Å². The number of anilines is 1. The van der Waals surface area contributed by atoms with Gasteiger partial charge in [-0.05, 0) is 63.6 Å². The van der Waals surface area contributed by atoms with Crippen molar-refractivity contribution in [3.05, 3.63) is 59.0 Å². The van der Waals surface area contributed by atoms with Crippen molar-refractivity contribution in [2.45, 2.75) is 33.6 Å². The Bertz CT molecular complexity index is 934. The lowest BCUT2D eigenvalue weighted by atomic mass is 10.1. The van der Waals surface area contributed by atoms with E-state index in [1.54, 1.807) is 0 Å². The summed E-state index contributed by atoms with van der Waals surface area (Å²) in [5, 5.41) is 3.52. The third kappa shape index (κ3) is 6.06. The molecule has 1 N–H and O–H groups in total. The van der Waals surface area contributed by atoms with Gasteiger partial charge in [-0.3, -0.25) is 4.79 Å². The normalized spacial score (nSPS) is 10.6. The van der Waals surface area contributed by atoms with E-state index in [9.17, 15) is 4.79 Å². The number of carbonyl (C=O) groups is 1. The Labute approximate surface area is 175 Å². The highest BCUT2D eigenvalue weighted by Gasteiger charge is 2.12. The molecular weight excluding hydrogens is 384 g/mol. The second-order valence-electron chi connectivity index (χ2n) is 6.69. The molecule has 0 atom stereocenters. The molecule has 0 radical (unpaired) electrons. The molecule has 5 nitrogen and oxygen atoms in total. The van der Waals surface area contributed by atoms with Gasteiger partial charge in [0.2, 0.25) is 5.91 Å². The summed E-state index contributed by atoms with van der Waals surface area (Å²) in [6, 6.07) is 15.7. The average molecular weight is 411 g/mol. The molecule has 0 spiro atoms. The van der Waals surface area contributed by atoms with Gasteiger partial charge in [-0.25, -0.2) is 4.98 Å². The van der Waals surface area contributed by atoms with Crippen LogP contribution in [0.1, 0.15) is 30.2 Å². The van der Waals surface area contributed by atoms with Crippen molar-refractivity contribution in [2.75, 3.05) is 18.5 Å². The molecule has 0 unspecified atom stereocenters. The maximum absolute atomic E-state index is 12.2. The topological polar surface area (TPSA) is 60.5 Å². The van der Waals surface area contributed by atoms with E-state index in [1.807, 2.05) is 69.3 Å². The summed E-state index contributed by atoms with van der Waals surface area (Å²) in [6.45, 7) is 7.15. The molecule has 0 aliphatic heterocycles. The number of benzene rings is 2. The van der Waals surface area contributed by atoms with Crippen LogP contribution in [-0.2, 0) is 4.79 Å². The van der Waals surface area contributed by atoms with Gasteiger partial charge in [-0.15, -0.1) is 11.3 Å². The van der Waals surface area contributed by atoms with Gasteiger partial charge in [0.1, 0.15) is 11.5 Å². The highest BCUT2D eigenvalue weighted by atomic mass is 32.1. The zero-order chi connectivity index (χ0) is 20.6. The third-order valence-electron chi connectivity index (χ3n) is 4.32. The van der Waals surface area contributed by atoms with Crippen LogP contribution in [0.3, 0.4) is 0 Å². The van der Waals surface area contributed by atoms with Crippen LogP contribution in [0.2, 0.25) is 0 Å². The van der Waals surface area contributed by atoms with Gasteiger partial charge in [0, 0.05) is 16.9 Å². The lowest BCUT2D eigenvalue weighted by Crippen LogP contribution is -2.12. The van der Waals surface area contributed by atoms with Crippen LogP contribution in [0.4, 0.5) is 5.13 Å². The van der Waals surface area contributed by atoms with Crippen molar-refractivity contribution in [1.82, 2.24) is 4.98 Å². The first-order valence-electron chi connectivity index (χ1n) is 9.75. The number of aryl methyl sites for hydroxylation is 2. The minimum absolute atomic E-state index is 0.0514. The van der Waals surface area contributed by atoms with Crippen molar-refractivity contribution in [3.8, 4) is 22.8 Å². The molecule has 0 fully saturated rings. The Hall–Kier alpha value is -2.86. The van der Waals surface area contributed by atoms with E-state index in [0.29, 0.717) is 31.2 Å². The maximum Gasteiger partial charge on any atom is 0.226 e. The van der Waals surface area contributed by atoms with Crippen molar-refractivity contribution in [1.29, 1.82) is 0 Å². The van der Waals surface area contributed by atoms with Gasteiger partial charge in [-0.1, -0.05) is 17.7 Å². The van der Waals surface area contributed by atoms with Crippen LogP contribution in [0.25, 0.3) is 11.3 Å². The van der Waals surface area contributed by atoms with Crippen molar-refractivity contribution >= 4 is 22.4 Å². The van der Waals surface area contributed by atoms with Gasteiger partial charge >= 0.3 is 0 Å². The van der Waals surface area contributed by atoms with Gasteiger partial charge in [-0.2, -0.15) is 0 Å². The molecule has 1 aromatic heterocycles. The lowest BCUT2D eigenvalue weighted by molar-refractivity contribution is -0.116. The Morgan fingerprint density at radius 2 is 1.66 bits per heavy atom. The zero-order valence-corrected chi connectivity index (χ0v) is 17.8. The number of ether oxygens (including phenoxy) is 2. The summed E-state index contributed by atoms with van der Waals surface area (Å²) < 4.78 is 11.1. The monoisotopic (exact) mass is 410 g/mol. The number of thiazole rings is 1. The van der Waals surface area contributed by atoms with E-state index in [0.717, 1.165) is 27.6 Å². The zero-order valence-electron chi connectivity index (χ0n) is 17.0. The molecule has 0 bridgehead atoms. The van der Waals surface area contributed by atoms with Crippen LogP contribution >= 0.6 is 11.3 Å². The summed E-state index contributed by atoms with van der Waals surface area (Å²) in [5.74, 6) is 1.61. The van der Waals surface area contributed by atoms with Gasteiger partial charge in [0.15, 0.2) is 5.13 Å². The number of rotatable bonds is 9. The molecule has 0 saturated heterocycles. The average Bonchev–Trinajstić information content (AvgIpc) is 3.07. The molecule has 6 heteroatoms. The predicted octanol–water partition coefficient (Wildman–Crippen LogP) is 5.62. The summed E-state index contributed by atoms with van der Waals surface area (Å²) in [7, 11) is 0. The molecule has 0 saturated carbocycles. The minimum Gasteiger partial charge on any atom is -0.494 e. The fourth-order valence-electron chi connectivity index (χ4n) is 2.83. The summed E-state index contributed by atoms with van der Waals surface area (Å²) in [6.07, 6.45) is 1.04. The highest BCUT2D eigenvalue weighted by molar-refractivity contribution is 7.16. The largest absolute Gasteiger partial charge is 0.494 e. The lowest BCUT2D eigenvalue weighted by Gasteiger charge is -2.06. The standard InChI is InChI=1S/C23H26N2O3S/c1-4-27-19-13-9-18(10-14-19)22-17(3)29-23(25-22)24-21(26)6-5-15-28-20-11-7-16(2)8-12-20/h7-14H,4-6,15H2,1-3H3,(H,24,25,26). The van der Waals surface area contributed by atoms with Crippen LogP contribution in [-0.4, -0.2) is 24.1 Å². The minimum atomic E-state index is -0.0514. The first-order valence-corrected chi connectivity index (χ1v) is 10.6. The summed E-state index contributed by atoms with van der Waals surface area (Å²) in [4.78, 5) is 17.9. The molecular formula is C23H26N2O3S. The molecule has 0 aliphatic carbocycles. The number of hydrogen-bond donors (Lipinski definition) is 1. The number of nitrogens with one attached hydrogen (secondary N) is 1. The van der Waals surface area contributed by atoms with Crippen LogP contribution < -0.4 is 14.8 Å². The SMILES string of the molecule is CCOc1ccc(-c2nc(NC(=O)CCCOc3ccc(C)cc3)sc2C)cc1. The van der Waals surface area contributed by atoms with Gasteiger partial charge < -0.3 is 14.8 Å². The summed E-state index contributed by atoms with van der Waals surface area (Å²) >= 11 is 1.48. The Morgan fingerprint density at radius 1 is 1.00 bits per heavy atom. The van der Waals surface area contributed by atoms with E-state index in [1.165, 1.54) is 16.9 Å². The van der Waals surface area contributed by atoms with Crippen molar-refractivity contribution in [3.63, 3.8) is 0 Å². The highest BCUT2D eigenvalue weighted by Crippen LogP contribution is 2.31. The van der Waals surface area contributed by atoms with Crippen molar-refractivity contribution in [2.24, 2.45) is 0 Å². The number of nitrogens with zero attached hydrogens (tertiary/aromatic N) is 1.